The van der Waals surface area contributed by atoms with Crippen molar-refractivity contribution in [1.29, 1.82) is 0 Å². The van der Waals surface area contributed by atoms with Crippen molar-refractivity contribution >= 4 is 17.2 Å². The minimum Gasteiger partial charge on any atom is -0.491 e. The maximum atomic E-state index is 5.85. The Morgan fingerprint density at radius 3 is 2.32 bits per heavy atom. The van der Waals surface area contributed by atoms with Crippen LogP contribution >= 0.6 is 0 Å². The standard InChI is InChI=1S/C21H30N4O3/c1-17-15-20(28-14-13-27-12-11-26-2)16-21(23-17)25-9-7-24(8-10-25)19-5-3-18(22)4-6-19/h3-6,15-16H,7-14,22H2,1-2H3. The molecule has 0 amide bonds. The molecule has 1 fully saturated rings. The van der Waals surface area contributed by atoms with Crippen molar-refractivity contribution in [1.82, 2.24) is 4.98 Å². The summed E-state index contributed by atoms with van der Waals surface area (Å²) < 4.78 is 16.2. The quantitative estimate of drug-likeness (QED) is 0.524. The van der Waals surface area contributed by atoms with Crippen molar-refractivity contribution in [2.24, 2.45) is 0 Å². The summed E-state index contributed by atoms with van der Waals surface area (Å²) in [7, 11) is 1.66. The summed E-state index contributed by atoms with van der Waals surface area (Å²) in [5.41, 5.74) is 8.75. The number of pyridine rings is 1. The molecule has 0 aliphatic carbocycles. The molecule has 1 aromatic heterocycles. The minimum absolute atomic E-state index is 0.511. The first kappa shape index (κ1) is 20.2. The van der Waals surface area contributed by atoms with Crippen LogP contribution in [-0.4, -0.2) is 64.7 Å². The van der Waals surface area contributed by atoms with E-state index in [2.05, 4.69) is 21.9 Å². The molecule has 7 nitrogen and oxygen atoms in total. The van der Waals surface area contributed by atoms with Crippen molar-refractivity contribution in [2.75, 3.05) is 75.2 Å². The van der Waals surface area contributed by atoms with E-state index in [0.29, 0.717) is 26.4 Å². The molecular formula is C21H30N4O3. The highest BCUT2D eigenvalue weighted by molar-refractivity contribution is 5.55. The lowest BCUT2D eigenvalue weighted by molar-refractivity contribution is 0.0544. The van der Waals surface area contributed by atoms with Crippen LogP contribution in [0.2, 0.25) is 0 Å². The molecule has 2 N–H and O–H groups in total. The fourth-order valence-corrected chi connectivity index (χ4v) is 3.21. The molecule has 28 heavy (non-hydrogen) atoms. The highest BCUT2D eigenvalue weighted by Crippen LogP contribution is 2.24. The number of piperazine rings is 1. The lowest BCUT2D eigenvalue weighted by Gasteiger charge is -2.37. The number of anilines is 3. The van der Waals surface area contributed by atoms with E-state index >= 15 is 0 Å². The third kappa shape index (κ3) is 5.74. The van der Waals surface area contributed by atoms with Gasteiger partial charge in [0.05, 0.1) is 19.8 Å². The summed E-state index contributed by atoms with van der Waals surface area (Å²) in [6.07, 6.45) is 0. The van der Waals surface area contributed by atoms with E-state index in [4.69, 9.17) is 24.9 Å². The number of rotatable bonds is 9. The average molecular weight is 386 g/mol. The molecule has 1 aromatic carbocycles. The normalized spacial score (nSPS) is 14.4. The van der Waals surface area contributed by atoms with Crippen LogP contribution in [0.4, 0.5) is 17.2 Å². The van der Waals surface area contributed by atoms with Crippen LogP contribution < -0.4 is 20.3 Å². The van der Waals surface area contributed by atoms with E-state index < -0.39 is 0 Å². The fourth-order valence-electron chi connectivity index (χ4n) is 3.21. The molecule has 7 heteroatoms. The zero-order valence-corrected chi connectivity index (χ0v) is 16.8. The van der Waals surface area contributed by atoms with Crippen molar-refractivity contribution in [2.45, 2.75) is 6.92 Å². The topological polar surface area (TPSA) is 73.1 Å². The Hall–Kier alpha value is -2.51. The first-order chi connectivity index (χ1) is 13.7. The van der Waals surface area contributed by atoms with E-state index in [1.807, 2.05) is 31.2 Å². The molecule has 3 rings (SSSR count). The van der Waals surface area contributed by atoms with Crippen LogP contribution in [0, 0.1) is 6.92 Å². The van der Waals surface area contributed by atoms with Crippen molar-refractivity contribution < 1.29 is 14.2 Å². The summed E-state index contributed by atoms with van der Waals surface area (Å²) in [4.78, 5) is 9.38. The highest BCUT2D eigenvalue weighted by Gasteiger charge is 2.19. The summed E-state index contributed by atoms with van der Waals surface area (Å²) in [6, 6.07) is 12.0. The zero-order valence-electron chi connectivity index (χ0n) is 16.8. The Morgan fingerprint density at radius 2 is 1.61 bits per heavy atom. The second-order valence-corrected chi connectivity index (χ2v) is 6.82. The maximum absolute atomic E-state index is 5.85. The Morgan fingerprint density at radius 1 is 0.929 bits per heavy atom. The van der Waals surface area contributed by atoms with Crippen LogP contribution in [0.25, 0.3) is 0 Å². The Balaban J connectivity index is 1.52. The third-order valence-electron chi connectivity index (χ3n) is 4.70. The summed E-state index contributed by atoms with van der Waals surface area (Å²) in [5.74, 6) is 1.80. The molecular weight excluding hydrogens is 356 g/mol. The van der Waals surface area contributed by atoms with Gasteiger partial charge >= 0.3 is 0 Å². The SMILES string of the molecule is COCCOCCOc1cc(C)nc(N2CCN(c3ccc(N)cc3)CC2)c1. The fraction of sp³-hybridized carbons (Fsp3) is 0.476. The summed E-state index contributed by atoms with van der Waals surface area (Å²) in [5, 5.41) is 0. The number of aryl methyl sites for hydroxylation is 1. The molecule has 0 atom stereocenters. The van der Waals surface area contributed by atoms with Crippen LogP contribution in [0.1, 0.15) is 5.69 Å². The van der Waals surface area contributed by atoms with E-state index in [-0.39, 0.29) is 0 Å². The largest absolute Gasteiger partial charge is 0.491 e. The van der Waals surface area contributed by atoms with Gasteiger partial charge in [-0.15, -0.1) is 0 Å². The molecule has 0 radical (unpaired) electrons. The van der Waals surface area contributed by atoms with Gasteiger partial charge in [-0.25, -0.2) is 4.98 Å². The number of benzene rings is 1. The van der Waals surface area contributed by atoms with E-state index in [0.717, 1.165) is 49.1 Å². The average Bonchev–Trinajstić information content (AvgIpc) is 2.71. The van der Waals surface area contributed by atoms with Crippen LogP contribution in [0.3, 0.4) is 0 Å². The van der Waals surface area contributed by atoms with Gasteiger partial charge in [0.25, 0.3) is 0 Å². The predicted molar refractivity (Wildman–Crippen MR) is 112 cm³/mol. The summed E-state index contributed by atoms with van der Waals surface area (Å²) >= 11 is 0. The smallest absolute Gasteiger partial charge is 0.132 e. The Labute approximate surface area is 167 Å². The lowest BCUT2D eigenvalue weighted by atomic mass is 10.2. The summed E-state index contributed by atoms with van der Waals surface area (Å²) in [6.45, 7) is 7.96. The first-order valence-electron chi connectivity index (χ1n) is 9.69. The van der Waals surface area contributed by atoms with Crippen LogP contribution in [-0.2, 0) is 9.47 Å². The number of hydrogen-bond acceptors (Lipinski definition) is 7. The number of hydrogen-bond donors (Lipinski definition) is 1. The molecule has 2 heterocycles. The molecule has 0 saturated carbocycles. The predicted octanol–water partition coefficient (Wildman–Crippen LogP) is 2.34. The van der Waals surface area contributed by atoms with Gasteiger partial charge in [-0.3, -0.25) is 0 Å². The number of aromatic nitrogens is 1. The van der Waals surface area contributed by atoms with Crippen molar-refractivity contribution in [3.63, 3.8) is 0 Å². The van der Waals surface area contributed by atoms with Gasteiger partial charge in [-0.1, -0.05) is 0 Å². The monoisotopic (exact) mass is 386 g/mol. The number of nitrogens with two attached hydrogens (primary N) is 1. The van der Waals surface area contributed by atoms with Gasteiger partial charge in [0.15, 0.2) is 0 Å². The molecule has 0 spiro atoms. The number of nitrogen functional groups attached to an aromatic ring is 1. The zero-order chi connectivity index (χ0) is 19.8. The Kier molecular flexibility index (Phi) is 7.33. The third-order valence-corrected chi connectivity index (χ3v) is 4.70. The van der Waals surface area contributed by atoms with Crippen LogP contribution in [0.5, 0.6) is 5.75 Å². The first-order valence-corrected chi connectivity index (χ1v) is 9.69. The van der Waals surface area contributed by atoms with Gasteiger partial charge in [0.2, 0.25) is 0 Å². The molecule has 1 aliphatic heterocycles. The minimum atomic E-state index is 0.511. The van der Waals surface area contributed by atoms with E-state index in [9.17, 15) is 0 Å². The van der Waals surface area contributed by atoms with Gasteiger partial charge in [0, 0.05) is 62.5 Å². The van der Waals surface area contributed by atoms with Crippen LogP contribution in [0.15, 0.2) is 36.4 Å². The molecule has 2 aromatic rings. The maximum Gasteiger partial charge on any atom is 0.132 e. The van der Waals surface area contributed by atoms with Gasteiger partial charge in [-0.05, 0) is 31.2 Å². The molecule has 152 valence electrons. The highest BCUT2D eigenvalue weighted by atomic mass is 16.5. The molecule has 0 unspecified atom stereocenters. The second kappa shape index (κ2) is 10.1. The Bertz CT molecular complexity index is 731. The van der Waals surface area contributed by atoms with Crippen molar-refractivity contribution in [3.8, 4) is 5.75 Å². The molecule has 0 bridgehead atoms. The van der Waals surface area contributed by atoms with Gasteiger partial charge < -0.3 is 29.7 Å². The number of nitrogens with zero attached hydrogens (tertiary/aromatic N) is 3. The lowest BCUT2D eigenvalue weighted by Crippen LogP contribution is -2.46. The van der Waals surface area contributed by atoms with E-state index in [1.165, 1.54) is 5.69 Å². The van der Waals surface area contributed by atoms with Gasteiger partial charge in [0.1, 0.15) is 18.2 Å². The van der Waals surface area contributed by atoms with E-state index in [1.54, 1.807) is 7.11 Å². The van der Waals surface area contributed by atoms with Crippen molar-refractivity contribution in [3.05, 3.63) is 42.1 Å². The van der Waals surface area contributed by atoms with Gasteiger partial charge in [-0.2, -0.15) is 0 Å². The number of methoxy groups -OCH3 is 1. The molecule has 1 aliphatic rings. The second-order valence-electron chi connectivity index (χ2n) is 6.82. The molecule has 1 saturated heterocycles. The number of ether oxygens (including phenoxy) is 3.